The average Bonchev–Trinajstić information content (AvgIpc) is 3.47. The fraction of sp³-hybridized carbons (Fsp3) is 0.417. The van der Waals surface area contributed by atoms with E-state index in [-0.39, 0.29) is 12.5 Å². The van der Waals surface area contributed by atoms with Gasteiger partial charge in [0.1, 0.15) is 11.4 Å². The minimum Gasteiger partial charge on any atom is -0.484 e. The molecule has 3 aromatic rings. The van der Waals surface area contributed by atoms with Gasteiger partial charge in [0.25, 0.3) is 5.91 Å². The highest BCUT2D eigenvalue weighted by atomic mass is 32.1. The molecule has 1 amide bonds. The molecule has 6 nitrogen and oxygen atoms in total. The number of para-hydroxylation sites is 1. The SMILES string of the molecule is Cn1nc(-c2cccs2)cc1[C@@H]1CN2CC[C@H]1C[C@@H]2CNC(=O)COc1ccccc1. The summed E-state index contributed by atoms with van der Waals surface area (Å²) in [6.45, 7) is 2.89. The van der Waals surface area contributed by atoms with Crippen LogP contribution in [-0.4, -0.2) is 52.9 Å². The molecule has 0 aliphatic carbocycles. The van der Waals surface area contributed by atoms with E-state index >= 15 is 0 Å². The van der Waals surface area contributed by atoms with Gasteiger partial charge < -0.3 is 10.1 Å². The number of carbonyl (C=O) groups excluding carboxylic acids is 1. The highest BCUT2D eigenvalue weighted by molar-refractivity contribution is 7.13. The fourth-order valence-corrected chi connectivity index (χ4v) is 5.69. The van der Waals surface area contributed by atoms with Crippen LogP contribution in [0.5, 0.6) is 5.75 Å². The zero-order valence-electron chi connectivity index (χ0n) is 17.7. The molecular formula is C24H28N4O2S. The Kier molecular flexibility index (Phi) is 5.78. The molecular weight excluding hydrogens is 408 g/mol. The van der Waals surface area contributed by atoms with Crippen LogP contribution < -0.4 is 10.1 Å². The molecule has 3 aliphatic heterocycles. The number of nitrogens with one attached hydrogen (secondary N) is 1. The van der Waals surface area contributed by atoms with Crippen molar-refractivity contribution in [3.05, 3.63) is 59.6 Å². The third-order valence-corrected chi connectivity index (χ3v) is 7.49. The van der Waals surface area contributed by atoms with Gasteiger partial charge in [0.05, 0.1) is 4.88 Å². The number of rotatable bonds is 7. The Morgan fingerprint density at radius 3 is 2.87 bits per heavy atom. The predicted octanol–water partition coefficient (Wildman–Crippen LogP) is 3.52. The number of benzene rings is 1. The average molecular weight is 437 g/mol. The Bertz CT molecular complexity index is 1020. The number of aryl methyl sites for hydroxylation is 1. The van der Waals surface area contributed by atoms with Gasteiger partial charge >= 0.3 is 0 Å². The van der Waals surface area contributed by atoms with Crippen LogP contribution in [0.2, 0.25) is 0 Å². The summed E-state index contributed by atoms with van der Waals surface area (Å²) in [6.07, 6.45) is 2.33. The van der Waals surface area contributed by atoms with Crippen molar-refractivity contribution in [2.24, 2.45) is 13.0 Å². The quantitative estimate of drug-likeness (QED) is 0.616. The smallest absolute Gasteiger partial charge is 0.257 e. The Morgan fingerprint density at radius 1 is 1.26 bits per heavy atom. The molecule has 0 spiro atoms. The molecule has 1 aromatic carbocycles. The molecule has 3 saturated heterocycles. The van der Waals surface area contributed by atoms with Crippen molar-refractivity contribution >= 4 is 17.2 Å². The van der Waals surface area contributed by atoms with Gasteiger partial charge in [-0.1, -0.05) is 24.3 Å². The standard InChI is InChI=1S/C24H28N4O2S/c1-27-22(13-21(26-27)23-8-5-11-31-23)20-15-28-10-9-17(20)12-18(28)14-25-24(29)16-30-19-6-3-2-4-7-19/h2-8,11,13,17-18,20H,9-10,12,14-16H2,1H3,(H,25,29)/t17-,18+,20+/m0/s1. The van der Waals surface area contributed by atoms with Gasteiger partial charge in [0, 0.05) is 37.8 Å². The number of amides is 1. The normalized spacial score (nSPS) is 24.8. The van der Waals surface area contributed by atoms with Crippen molar-refractivity contribution in [1.82, 2.24) is 20.0 Å². The Hall–Kier alpha value is -2.64. The van der Waals surface area contributed by atoms with E-state index in [0.717, 1.165) is 31.0 Å². The van der Waals surface area contributed by atoms with Crippen LogP contribution in [0.1, 0.15) is 24.5 Å². The summed E-state index contributed by atoms with van der Waals surface area (Å²) in [7, 11) is 2.06. The van der Waals surface area contributed by atoms with Crippen molar-refractivity contribution in [2.45, 2.75) is 24.8 Å². The molecule has 7 heteroatoms. The lowest BCUT2D eigenvalue weighted by atomic mass is 9.74. The molecule has 4 atom stereocenters. The number of ether oxygens (including phenoxy) is 1. The first-order valence-corrected chi connectivity index (χ1v) is 11.8. The first kappa shape index (κ1) is 20.3. The van der Waals surface area contributed by atoms with Crippen LogP contribution in [0.4, 0.5) is 0 Å². The van der Waals surface area contributed by atoms with Crippen molar-refractivity contribution in [3.8, 4) is 16.3 Å². The van der Waals surface area contributed by atoms with E-state index in [0.29, 0.717) is 24.4 Å². The van der Waals surface area contributed by atoms with Crippen LogP contribution in [0.25, 0.3) is 10.6 Å². The third-order valence-electron chi connectivity index (χ3n) is 6.60. The molecule has 5 heterocycles. The first-order chi connectivity index (χ1) is 15.2. The number of hydrogen-bond donors (Lipinski definition) is 1. The maximum Gasteiger partial charge on any atom is 0.257 e. The lowest BCUT2D eigenvalue weighted by Gasteiger charge is -2.49. The van der Waals surface area contributed by atoms with Crippen LogP contribution >= 0.6 is 11.3 Å². The second-order valence-corrected chi connectivity index (χ2v) is 9.45. The van der Waals surface area contributed by atoms with E-state index in [2.05, 4.69) is 45.5 Å². The second-order valence-electron chi connectivity index (χ2n) is 8.50. The number of aromatic nitrogens is 2. The van der Waals surface area contributed by atoms with E-state index in [1.807, 2.05) is 30.3 Å². The zero-order valence-corrected chi connectivity index (χ0v) is 18.6. The molecule has 0 radical (unpaired) electrons. The first-order valence-electron chi connectivity index (χ1n) is 10.9. The minimum atomic E-state index is -0.0599. The monoisotopic (exact) mass is 436 g/mol. The van der Waals surface area contributed by atoms with Gasteiger partial charge in [-0.25, -0.2) is 0 Å². The third kappa shape index (κ3) is 4.38. The highest BCUT2D eigenvalue weighted by Crippen LogP contribution is 2.42. The summed E-state index contributed by atoms with van der Waals surface area (Å²) in [4.78, 5) is 16.0. The van der Waals surface area contributed by atoms with Crippen molar-refractivity contribution in [2.75, 3.05) is 26.2 Å². The van der Waals surface area contributed by atoms with E-state index in [1.54, 1.807) is 11.3 Å². The molecule has 1 unspecified atom stereocenters. The Balaban J connectivity index is 1.16. The number of piperidine rings is 3. The summed E-state index contributed by atoms with van der Waals surface area (Å²) in [5, 5.41) is 9.95. The number of nitrogens with zero attached hydrogens (tertiary/aromatic N) is 3. The summed E-state index contributed by atoms with van der Waals surface area (Å²) >= 11 is 1.74. The van der Waals surface area contributed by atoms with Crippen molar-refractivity contribution < 1.29 is 9.53 Å². The Morgan fingerprint density at radius 2 is 2.13 bits per heavy atom. The van der Waals surface area contributed by atoms with Gasteiger partial charge in [0.2, 0.25) is 0 Å². The summed E-state index contributed by atoms with van der Waals surface area (Å²) < 4.78 is 7.62. The number of carbonyl (C=O) groups is 1. The van der Waals surface area contributed by atoms with Gasteiger partial charge in [-0.2, -0.15) is 5.10 Å². The predicted molar refractivity (Wildman–Crippen MR) is 122 cm³/mol. The maximum absolute atomic E-state index is 12.2. The number of thiophene rings is 1. The molecule has 3 fully saturated rings. The summed E-state index contributed by atoms with van der Waals surface area (Å²) in [6, 6.07) is 16.4. The van der Waals surface area contributed by atoms with Crippen molar-refractivity contribution in [3.63, 3.8) is 0 Å². The number of fused-ring (bicyclic) bond motifs is 3. The topological polar surface area (TPSA) is 59.4 Å². The molecule has 2 bridgehead atoms. The van der Waals surface area contributed by atoms with E-state index in [1.165, 1.54) is 17.0 Å². The van der Waals surface area contributed by atoms with E-state index in [9.17, 15) is 4.79 Å². The van der Waals surface area contributed by atoms with Gasteiger partial charge in [-0.05, 0) is 54.9 Å². The van der Waals surface area contributed by atoms with Gasteiger partial charge in [-0.15, -0.1) is 11.3 Å². The van der Waals surface area contributed by atoms with Gasteiger partial charge in [-0.3, -0.25) is 14.4 Å². The van der Waals surface area contributed by atoms with Crippen LogP contribution in [0, 0.1) is 5.92 Å². The zero-order chi connectivity index (χ0) is 21.2. The summed E-state index contributed by atoms with van der Waals surface area (Å²) in [5.41, 5.74) is 2.41. The number of hydrogen-bond acceptors (Lipinski definition) is 5. The largest absolute Gasteiger partial charge is 0.484 e. The van der Waals surface area contributed by atoms with Gasteiger partial charge in [0.15, 0.2) is 6.61 Å². The van der Waals surface area contributed by atoms with Crippen LogP contribution in [-0.2, 0) is 11.8 Å². The molecule has 31 heavy (non-hydrogen) atoms. The fourth-order valence-electron chi connectivity index (χ4n) is 5.01. The Labute approximate surface area is 186 Å². The lowest BCUT2D eigenvalue weighted by Crippen LogP contribution is -2.56. The lowest BCUT2D eigenvalue weighted by molar-refractivity contribution is -0.123. The molecule has 3 aliphatic rings. The molecule has 0 saturated carbocycles. The van der Waals surface area contributed by atoms with Crippen molar-refractivity contribution in [1.29, 1.82) is 0 Å². The van der Waals surface area contributed by atoms with E-state index < -0.39 is 0 Å². The van der Waals surface area contributed by atoms with Crippen LogP contribution in [0.15, 0.2) is 53.9 Å². The molecule has 162 valence electrons. The molecule has 6 rings (SSSR count). The van der Waals surface area contributed by atoms with Crippen LogP contribution in [0.3, 0.4) is 0 Å². The highest BCUT2D eigenvalue weighted by Gasteiger charge is 2.41. The molecule has 2 aromatic heterocycles. The molecule has 1 N–H and O–H groups in total. The summed E-state index contributed by atoms with van der Waals surface area (Å²) in [5.74, 6) is 1.81. The maximum atomic E-state index is 12.2. The van der Waals surface area contributed by atoms with E-state index in [4.69, 9.17) is 9.84 Å². The minimum absolute atomic E-state index is 0.0588. The second kappa shape index (κ2) is 8.85.